The molecule has 1 aromatic carbocycles. The van der Waals surface area contributed by atoms with E-state index in [1.54, 1.807) is 44.2 Å². The van der Waals surface area contributed by atoms with Crippen LogP contribution in [0.15, 0.2) is 53.7 Å². The van der Waals surface area contributed by atoms with Crippen molar-refractivity contribution in [1.29, 1.82) is 5.41 Å². The zero-order chi connectivity index (χ0) is 26.1. The third kappa shape index (κ3) is 4.52. The molecule has 0 aliphatic heterocycles. The largest absolute Gasteiger partial charge is 0.393 e. The molecule has 0 bridgehead atoms. The Hall–Kier alpha value is -4.27. The monoisotopic (exact) mass is 497 g/mol. The van der Waals surface area contributed by atoms with Crippen molar-refractivity contribution in [2.75, 3.05) is 7.05 Å². The molecule has 1 saturated carbocycles. The molecule has 0 atom stereocenters. The van der Waals surface area contributed by atoms with Crippen LogP contribution in [0, 0.1) is 5.41 Å². The molecule has 0 spiro atoms. The van der Waals surface area contributed by atoms with Gasteiger partial charge in [0.05, 0.1) is 28.4 Å². The van der Waals surface area contributed by atoms with Crippen molar-refractivity contribution < 1.29 is 4.79 Å². The van der Waals surface area contributed by atoms with Crippen molar-refractivity contribution in [3.63, 3.8) is 0 Å². The Morgan fingerprint density at radius 1 is 1.08 bits per heavy atom. The summed E-state index contributed by atoms with van der Waals surface area (Å²) in [4.78, 5) is 34.1. The van der Waals surface area contributed by atoms with Crippen LogP contribution in [-0.4, -0.2) is 44.3 Å². The Kier molecular flexibility index (Phi) is 6.60. The number of carbonyl (C=O) groups excluding carboxylic acids is 1. The molecule has 0 unspecified atom stereocenters. The highest BCUT2D eigenvalue weighted by Gasteiger charge is 2.27. The summed E-state index contributed by atoms with van der Waals surface area (Å²) < 4.78 is 3.62. The fourth-order valence-corrected chi connectivity index (χ4v) is 5.39. The van der Waals surface area contributed by atoms with Gasteiger partial charge in [-0.15, -0.1) is 0 Å². The number of amides is 1. The number of imidazole rings is 1. The number of pyridine rings is 2. The Morgan fingerprint density at radius 2 is 1.84 bits per heavy atom. The van der Waals surface area contributed by atoms with Gasteiger partial charge in [-0.2, -0.15) is 0 Å². The highest BCUT2D eigenvalue weighted by Crippen LogP contribution is 2.34. The van der Waals surface area contributed by atoms with Gasteiger partial charge in [-0.05, 0) is 49.4 Å². The second-order valence-corrected chi connectivity index (χ2v) is 9.61. The van der Waals surface area contributed by atoms with Gasteiger partial charge in [0.1, 0.15) is 0 Å². The maximum Gasteiger partial charge on any atom is 0.329 e. The molecule has 9 nitrogen and oxygen atoms in total. The lowest BCUT2D eigenvalue weighted by Gasteiger charge is -2.29. The average molecular weight is 498 g/mol. The molecule has 1 aliphatic rings. The third-order valence-electron chi connectivity index (χ3n) is 7.23. The first-order valence-corrected chi connectivity index (χ1v) is 12.5. The topological polar surface area (TPSA) is 118 Å². The van der Waals surface area contributed by atoms with Gasteiger partial charge in [-0.3, -0.25) is 23.9 Å². The lowest BCUT2D eigenvalue weighted by Crippen LogP contribution is -2.38. The molecule has 5 rings (SSSR count). The molecule has 1 fully saturated rings. The first-order valence-electron chi connectivity index (χ1n) is 12.5. The standard InChI is InChI=1S/C28H31N7O2/c1-17(36)33-21-6-8-22(9-7-21)35-27-23-12-18(4-11-25(23)32-16-26(27)34(3)28(35)37)19-5-10-24(31-15-19)20(13-29)14-30-2/h4-5,10-16,21-22,29-30H,6-9H2,1-3H3,(H,33,36)/b20-14+,29-13?/t21-,22+. The summed E-state index contributed by atoms with van der Waals surface area (Å²) in [7, 11) is 3.59. The number of hydrogen-bond acceptors (Lipinski definition) is 6. The highest BCUT2D eigenvalue weighted by atomic mass is 16.2. The summed E-state index contributed by atoms with van der Waals surface area (Å²) in [6, 6.07) is 10.2. The number of aromatic nitrogens is 4. The molecule has 1 amide bonds. The number of allylic oxidation sites excluding steroid dienone is 1. The van der Waals surface area contributed by atoms with Gasteiger partial charge in [0, 0.05) is 68.2 Å². The molecule has 37 heavy (non-hydrogen) atoms. The molecule has 3 aromatic heterocycles. The average Bonchev–Trinajstić information content (AvgIpc) is 3.17. The van der Waals surface area contributed by atoms with E-state index in [0.29, 0.717) is 11.3 Å². The second kappa shape index (κ2) is 10.0. The lowest BCUT2D eigenvalue weighted by molar-refractivity contribution is -0.119. The first-order chi connectivity index (χ1) is 17.9. The van der Waals surface area contributed by atoms with E-state index in [1.165, 1.54) is 6.21 Å². The number of nitrogens with one attached hydrogen (secondary N) is 3. The van der Waals surface area contributed by atoms with Gasteiger partial charge >= 0.3 is 5.69 Å². The van der Waals surface area contributed by atoms with Crippen LogP contribution >= 0.6 is 0 Å². The predicted octanol–water partition coefficient (Wildman–Crippen LogP) is 3.78. The van der Waals surface area contributed by atoms with Crippen LogP contribution in [0.1, 0.15) is 44.3 Å². The Balaban J connectivity index is 1.57. The molecule has 3 heterocycles. The summed E-state index contributed by atoms with van der Waals surface area (Å²) in [5, 5.41) is 14.5. The minimum absolute atomic E-state index is 0.00926. The van der Waals surface area contributed by atoms with Crippen LogP contribution in [0.3, 0.4) is 0 Å². The minimum Gasteiger partial charge on any atom is -0.393 e. The fraction of sp³-hybridized carbons (Fsp3) is 0.321. The minimum atomic E-state index is -0.0424. The number of rotatable bonds is 6. The maximum absolute atomic E-state index is 13.4. The molecule has 0 radical (unpaired) electrons. The number of carbonyl (C=O) groups is 1. The van der Waals surface area contributed by atoms with Crippen LogP contribution in [0.4, 0.5) is 0 Å². The quantitative estimate of drug-likeness (QED) is 0.351. The van der Waals surface area contributed by atoms with Crippen molar-refractivity contribution in [1.82, 2.24) is 29.7 Å². The molecule has 190 valence electrons. The zero-order valence-electron chi connectivity index (χ0n) is 21.3. The number of aryl methyl sites for hydroxylation is 1. The van der Waals surface area contributed by atoms with E-state index in [4.69, 9.17) is 5.41 Å². The van der Waals surface area contributed by atoms with Crippen LogP contribution < -0.4 is 16.3 Å². The first kappa shape index (κ1) is 24.4. The Bertz CT molecular complexity index is 1570. The molecule has 1 aliphatic carbocycles. The van der Waals surface area contributed by atoms with E-state index in [-0.39, 0.29) is 23.7 Å². The SMILES string of the molecule is CN/C=C(\C=N)c1ccc(-c2ccc3ncc4c(c3c2)n([C@H]2CC[C@@H](NC(C)=O)CC2)c(=O)n4C)cn1. The number of benzene rings is 1. The van der Waals surface area contributed by atoms with E-state index >= 15 is 0 Å². The van der Waals surface area contributed by atoms with Crippen molar-refractivity contribution >= 4 is 39.6 Å². The van der Waals surface area contributed by atoms with Gasteiger partial charge in [-0.25, -0.2) is 4.79 Å². The van der Waals surface area contributed by atoms with E-state index in [0.717, 1.165) is 58.7 Å². The van der Waals surface area contributed by atoms with E-state index < -0.39 is 0 Å². The van der Waals surface area contributed by atoms with E-state index in [1.807, 2.05) is 28.8 Å². The molecular weight excluding hydrogens is 466 g/mol. The van der Waals surface area contributed by atoms with Gasteiger partial charge in [0.2, 0.25) is 5.91 Å². The number of hydrogen-bond donors (Lipinski definition) is 3. The summed E-state index contributed by atoms with van der Waals surface area (Å²) in [5.41, 5.74) is 5.82. The molecule has 3 N–H and O–H groups in total. The van der Waals surface area contributed by atoms with Crippen LogP contribution in [0.5, 0.6) is 0 Å². The molecular formula is C28H31N7O2. The summed E-state index contributed by atoms with van der Waals surface area (Å²) >= 11 is 0. The molecule has 4 aromatic rings. The van der Waals surface area contributed by atoms with Crippen LogP contribution in [0.25, 0.3) is 38.6 Å². The maximum atomic E-state index is 13.4. The van der Waals surface area contributed by atoms with Crippen molar-refractivity contribution in [2.24, 2.45) is 7.05 Å². The Labute approximate surface area is 214 Å². The molecule has 9 heteroatoms. The van der Waals surface area contributed by atoms with E-state index in [9.17, 15) is 9.59 Å². The highest BCUT2D eigenvalue weighted by molar-refractivity contribution is 6.07. The summed E-state index contributed by atoms with van der Waals surface area (Å²) in [6.07, 6.45) is 9.95. The van der Waals surface area contributed by atoms with Crippen LogP contribution in [-0.2, 0) is 11.8 Å². The number of nitrogens with zero attached hydrogens (tertiary/aromatic N) is 4. The van der Waals surface area contributed by atoms with Gasteiger partial charge < -0.3 is 16.0 Å². The number of fused-ring (bicyclic) bond motifs is 3. The van der Waals surface area contributed by atoms with Crippen molar-refractivity contribution in [3.05, 3.63) is 65.1 Å². The Morgan fingerprint density at radius 3 is 2.49 bits per heavy atom. The summed E-state index contributed by atoms with van der Waals surface area (Å²) in [5.74, 6) is -0.00926. The van der Waals surface area contributed by atoms with E-state index in [2.05, 4.69) is 26.7 Å². The normalized spacial score (nSPS) is 18.2. The van der Waals surface area contributed by atoms with Gasteiger partial charge in [0.15, 0.2) is 0 Å². The van der Waals surface area contributed by atoms with Gasteiger partial charge in [-0.1, -0.05) is 12.1 Å². The molecule has 0 saturated heterocycles. The summed E-state index contributed by atoms with van der Waals surface area (Å²) in [6.45, 7) is 1.55. The fourth-order valence-electron chi connectivity index (χ4n) is 5.39. The van der Waals surface area contributed by atoms with Crippen LogP contribution in [0.2, 0.25) is 0 Å². The van der Waals surface area contributed by atoms with Gasteiger partial charge in [0.25, 0.3) is 0 Å². The smallest absolute Gasteiger partial charge is 0.329 e. The van der Waals surface area contributed by atoms with Crippen molar-refractivity contribution in [3.8, 4) is 11.1 Å². The van der Waals surface area contributed by atoms with Crippen molar-refractivity contribution in [2.45, 2.75) is 44.7 Å². The zero-order valence-corrected chi connectivity index (χ0v) is 21.3. The second-order valence-electron chi connectivity index (χ2n) is 9.61. The predicted molar refractivity (Wildman–Crippen MR) is 147 cm³/mol. The lowest BCUT2D eigenvalue weighted by atomic mass is 9.90. The third-order valence-corrected chi connectivity index (χ3v) is 7.23.